The second kappa shape index (κ2) is 9.15. The Morgan fingerprint density at radius 2 is 1.71 bits per heavy atom. The fourth-order valence-electron chi connectivity index (χ4n) is 3.30. The van der Waals surface area contributed by atoms with Gasteiger partial charge >= 0.3 is 0 Å². The summed E-state index contributed by atoms with van der Waals surface area (Å²) in [5.74, 6) is 0. The van der Waals surface area contributed by atoms with Crippen LogP contribution < -0.4 is 15.8 Å². The molecule has 0 aliphatic carbocycles. The second-order valence-corrected chi connectivity index (χ2v) is 7.36. The number of hydrogen-bond donors (Lipinski definition) is 1. The minimum atomic E-state index is -0.511. The van der Waals surface area contributed by atoms with Gasteiger partial charge in [-0.2, -0.15) is 9.78 Å². The zero-order valence-corrected chi connectivity index (χ0v) is 17.3. The molecule has 0 unspecified atom stereocenters. The molecular formula is C21H20ClN5O4. The van der Waals surface area contributed by atoms with Gasteiger partial charge in [0.15, 0.2) is 0 Å². The Bertz CT molecular complexity index is 1130. The van der Waals surface area contributed by atoms with Gasteiger partial charge in [0.25, 0.3) is 11.2 Å². The molecule has 2 heterocycles. The first-order chi connectivity index (χ1) is 15.0. The van der Waals surface area contributed by atoms with E-state index in [-0.39, 0.29) is 10.7 Å². The van der Waals surface area contributed by atoms with Crippen molar-refractivity contribution in [3.8, 4) is 5.69 Å². The first-order valence-electron chi connectivity index (χ1n) is 9.71. The van der Waals surface area contributed by atoms with Crippen LogP contribution in [0.4, 0.5) is 17.1 Å². The lowest BCUT2D eigenvalue weighted by atomic mass is 10.2. The van der Waals surface area contributed by atoms with Crippen molar-refractivity contribution in [1.82, 2.24) is 9.78 Å². The highest BCUT2D eigenvalue weighted by Gasteiger charge is 2.13. The molecule has 9 nitrogen and oxygen atoms in total. The number of nitro benzene ring substituents is 1. The Balaban J connectivity index is 1.45. The van der Waals surface area contributed by atoms with E-state index in [2.05, 4.69) is 27.4 Å². The number of rotatable bonds is 6. The van der Waals surface area contributed by atoms with Gasteiger partial charge in [-0.15, -0.1) is 0 Å². The standard InChI is InChI=1S/C21H20ClN5O4/c22-20-19(14-24-26(21(20)28)17-5-7-18(8-6-17)27(29)30)23-13-15-1-3-16(4-2-15)25-9-11-31-12-10-25/h1-8,14,23H,9-13H2. The average molecular weight is 442 g/mol. The molecule has 1 aliphatic rings. The largest absolute Gasteiger partial charge is 0.378 e. The smallest absolute Gasteiger partial charge is 0.292 e. The van der Waals surface area contributed by atoms with E-state index < -0.39 is 10.5 Å². The summed E-state index contributed by atoms with van der Waals surface area (Å²) in [6.07, 6.45) is 1.47. The van der Waals surface area contributed by atoms with Crippen molar-refractivity contribution in [1.29, 1.82) is 0 Å². The van der Waals surface area contributed by atoms with E-state index in [1.807, 2.05) is 12.1 Å². The summed E-state index contributed by atoms with van der Waals surface area (Å²) >= 11 is 6.26. The Kier molecular flexibility index (Phi) is 6.15. The minimum absolute atomic E-state index is 0.00158. The van der Waals surface area contributed by atoms with Crippen molar-refractivity contribution in [3.63, 3.8) is 0 Å². The third-order valence-corrected chi connectivity index (χ3v) is 5.38. The van der Waals surface area contributed by atoms with Crippen LogP contribution in [0.1, 0.15) is 5.56 Å². The average Bonchev–Trinajstić information content (AvgIpc) is 2.81. The van der Waals surface area contributed by atoms with E-state index in [1.54, 1.807) is 0 Å². The summed E-state index contributed by atoms with van der Waals surface area (Å²) < 4.78 is 6.49. The Hall–Kier alpha value is -3.43. The molecule has 1 aliphatic heterocycles. The van der Waals surface area contributed by atoms with E-state index in [4.69, 9.17) is 16.3 Å². The monoisotopic (exact) mass is 441 g/mol. The van der Waals surface area contributed by atoms with Crippen molar-refractivity contribution in [2.24, 2.45) is 0 Å². The molecule has 160 valence electrons. The number of ether oxygens (including phenoxy) is 1. The molecule has 1 aromatic heterocycles. The fourth-order valence-corrected chi connectivity index (χ4v) is 3.49. The first kappa shape index (κ1) is 20.8. The van der Waals surface area contributed by atoms with E-state index in [0.717, 1.165) is 42.2 Å². The molecule has 0 spiro atoms. The van der Waals surface area contributed by atoms with Crippen molar-refractivity contribution < 1.29 is 9.66 Å². The van der Waals surface area contributed by atoms with Gasteiger partial charge in [0.2, 0.25) is 0 Å². The molecular weight excluding hydrogens is 422 g/mol. The lowest BCUT2D eigenvalue weighted by Crippen LogP contribution is -2.36. The molecule has 4 rings (SSSR count). The highest BCUT2D eigenvalue weighted by Crippen LogP contribution is 2.21. The van der Waals surface area contributed by atoms with Gasteiger partial charge in [-0.3, -0.25) is 14.9 Å². The molecule has 0 radical (unpaired) electrons. The zero-order chi connectivity index (χ0) is 21.8. The normalized spacial score (nSPS) is 13.8. The molecule has 31 heavy (non-hydrogen) atoms. The van der Waals surface area contributed by atoms with E-state index in [0.29, 0.717) is 17.9 Å². The number of aromatic nitrogens is 2. The molecule has 1 saturated heterocycles. The van der Waals surface area contributed by atoms with Gasteiger partial charge < -0.3 is 15.0 Å². The second-order valence-electron chi connectivity index (χ2n) is 6.98. The third kappa shape index (κ3) is 4.68. The number of halogens is 1. The zero-order valence-electron chi connectivity index (χ0n) is 16.5. The van der Waals surface area contributed by atoms with Crippen molar-refractivity contribution in [3.05, 3.63) is 85.8 Å². The van der Waals surface area contributed by atoms with Crippen molar-refractivity contribution in [2.45, 2.75) is 6.54 Å². The number of nitrogens with zero attached hydrogens (tertiary/aromatic N) is 4. The summed E-state index contributed by atoms with van der Waals surface area (Å²) in [5, 5.41) is 18.1. The van der Waals surface area contributed by atoms with Crippen molar-refractivity contribution >= 4 is 28.7 Å². The Morgan fingerprint density at radius 1 is 1.06 bits per heavy atom. The van der Waals surface area contributed by atoms with Crippen LogP contribution >= 0.6 is 11.6 Å². The predicted octanol–water partition coefficient (Wildman–Crippen LogP) is 3.24. The molecule has 0 amide bonds. The van der Waals surface area contributed by atoms with Gasteiger partial charge in [-0.05, 0) is 29.8 Å². The summed E-state index contributed by atoms with van der Waals surface area (Å²) in [7, 11) is 0. The topological polar surface area (TPSA) is 103 Å². The number of benzene rings is 2. The summed E-state index contributed by atoms with van der Waals surface area (Å²) in [6.45, 7) is 3.71. The van der Waals surface area contributed by atoms with E-state index in [1.165, 1.54) is 30.5 Å². The van der Waals surface area contributed by atoms with Crippen LogP contribution in [-0.4, -0.2) is 41.0 Å². The number of nitrogens with one attached hydrogen (secondary N) is 1. The molecule has 0 saturated carbocycles. The SMILES string of the molecule is O=c1c(Cl)c(NCc2ccc(N3CCOCC3)cc2)cnn1-c1ccc([N+](=O)[O-])cc1. The van der Waals surface area contributed by atoms with Crippen LogP contribution in [-0.2, 0) is 11.3 Å². The molecule has 0 atom stereocenters. The lowest BCUT2D eigenvalue weighted by Gasteiger charge is -2.28. The quantitative estimate of drug-likeness (QED) is 0.462. The van der Waals surface area contributed by atoms with Gasteiger partial charge in [0.05, 0.1) is 35.7 Å². The van der Waals surface area contributed by atoms with Crippen LogP contribution in [0.5, 0.6) is 0 Å². The van der Waals surface area contributed by atoms with Gasteiger partial charge in [-0.1, -0.05) is 23.7 Å². The number of non-ortho nitro benzene ring substituents is 1. The number of nitro groups is 1. The number of hydrogen-bond acceptors (Lipinski definition) is 7. The number of morpholine rings is 1. The molecule has 0 bridgehead atoms. The predicted molar refractivity (Wildman–Crippen MR) is 118 cm³/mol. The maximum Gasteiger partial charge on any atom is 0.292 e. The lowest BCUT2D eigenvalue weighted by molar-refractivity contribution is -0.384. The Labute approximate surface area is 183 Å². The molecule has 3 aromatic rings. The summed E-state index contributed by atoms with van der Waals surface area (Å²) in [6, 6.07) is 13.7. The minimum Gasteiger partial charge on any atom is -0.378 e. The summed E-state index contributed by atoms with van der Waals surface area (Å²) in [4.78, 5) is 25.2. The molecule has 1 N–H and O–H groups in total. The maximum absolute atomic E-state index is 12.6. The number of anilines is 2. The van der Waals surface area contributed by atoms with E-state index >= 15 is 0 Å². The van der Waals surface area contributed by atoms with E-state index in [9.17, 15) is 14.9 Å². The van der Waals surface area contributed by atoms with Crippen LogP contribution in [0.15, 0.2) is 59.5 Å². The summed E-state index contributed by atoms with van der Waals surface area (Å²) in [5.41, 5.74) is 2.42. The van der Waals surface area contributed by atoms with Gasteiger partial charge in [-0.25, -0.2) is 0 Å². The highest BCUT2D eigenvalue weighted by atomic mass is 35.5. The van der Waals surface area contributed by atoms with Gasteiger partial charge in [0.1, 0.15) is 5.02 Å². The van der Waals surface area contributed by atoms with Crippen LogP contribution in [0.2, 0.25) is 5.02 Å². The third-order valence-electron chi connectivity index (χ3n) is 5.02. The molecule has 2 aromatic carbocycles. The van der Waals surface area contributed by atoms with Crippen LogP contribution in [0.3, 0.4) is 0 Å². The first-order valence-corrected chi connectivity index (χ1v) is 10.1. The fraction of sp³-hybridized carbons (Fsp3) is 0.238. The maximum atomic E-state index is 12.6. The molecule has 10 heteroatoms. The van der Waals surface area contributed by atoms with Gasteiger partial charge in [0, 0.05) is 37.5 Å². The van der Waals surface area contributed by atoms with Crippen LogP contribution in [0.25, 0.3) is 5.69 Å². The van der Waals surface area contributed by atoms with Crippen LogP contribution in [0, 0.1) is 10.1 Å². The Morgan fingerprint density at radius 3 is 2.35 bits per heavy atom. The van der Waals surface area contributed by atoms with Crippen molar-refractivity contribution in [2.75, 3.05) is 36.5 Å². The highest BCUT2D eigenvalue weighted by molar-refractivity contribution is 6.32. The molecule has 1 fully saturated rings.